The van der Waals surface area contributed by atoms with Gasteiger partial charge in [0.15, 0.2) is 5.78 Å². The third-order valence-electron chi connectivity index (χ3n) is 5.05. The molecule has 1 aliphatic heterocycles. The Labute approximate surface area is 148 Å². The van der Waals surface area contributed by atoms with Crippen LogP contribution in [0.1, 0.15) is 54.4 Å². The third kappa shape index (κ3) is 4.91. The minimum atomic E-state index is -0.0765. The first kappa shape index (κ1) is 17.6. The number of hydrogen-bond acceptors (Lipinski definition) is 3. The first-order chi connectivity index (χ1) is 12.0. The van der Waals surface area contributed by atoms with Crippen molar-refractivity contribution in [1.29, 1.82) is 0 Å². The first-order valence-electron chi connectivity index (χ1n) is 9.21. The summed E-state index contributed by atoms with van der Waals surface area (Å²) in [4.78, 5) is 38.2. The molecule has 0 spiro atoms. The number of aryl methyl sites for hydroxylation is 1. The van der Waals surface area contributed by atoms with Crippen molar-refractivity contribution >= 4 is 17.6 Å². The number of carbonyl (C=O) groups is 3. The third-order valence-corrected chi connectivity index (χ3v) is 5.05. The largest absolute Gasteiger partial charge is 0.353 e. The molecular formula is C20H26N2O3. The molecule has 25 heavy (non-hydrogen) atoms. The van der Waals surface area contributed by atoms with Crippen LogP contribution < -0.4 is 5.32 Å². The predicted molar refractivity (Wildman–Crippen MR) is 95.2 cm³/mol. The maximum atomic E-state index is 12.1. The lowest BCUT2D eigenvalue weighted by atomic mass is 10.0. The van der Waals surface area contributed by atoms with E-state index >= 15 is 0 Å². The highest BCUT2D eigenvalue weighted by Gasteiger charge is 2.35. The zero-order valence-corrected chi connectivity index (χ0v) is 14.8. The van der Waals surface area contributed by atoms with Gasteiger partial charge in [0, 0.05) is 43.5 Å². The Morgan fingerprint density at radius 1 is 1.00 bits per heavy atom. The van der Waals surface area contributed by atoms with Crippen LogP contribution in [0.25, 0.3) is 0 Å². The van der Waals surface area contributed by atoms with Gasteiger partial charge >= 0.3 is 0 Å². The highest BCUT2D eigenvalue weighted by Crippen LogP contribution is 2.31. The Hall–Kier alpha value is -2.17. The number of benzene rings is 1. The molecule has 2 amide bonds. The molecule has 0 radical (unpaired) electrons. The topological polar surface area (TPSA) is 66.5 Å². The average Bonchev–Trinajstić information content (AvgIpc) is 3.45. The van der Waals surface area contributed by atoms with Crippen molar-refractivity contribution in [2.24, 2.45) is 5.92 Å². The van der Waals surface area contributed by atoms with Crippen LogP contribution in [0.2, 0.25) is 0 Å². The maximum absolute atomic E-state index is 12.1. The SMILES string of the molecule is Cc1ccc(C(=O)CCC(=O)NC2CCN(C(=O)C3CC3)CC2)cc1. The van der Waals surface area contributed by atoms with E-state index in [1.54, 1.807) is 0 Å². The molecule has 1 saturated carbocycles. The quantitative estimate of drug-likeness (QED) is 0.808. The van der Waals surface area contributed by atoms with Gasteiger partial charge in [0.25, 0.3) is 0 Å². The first-order valence-corrected chi connectivity index (χ1v) is 9.21. The second-order valence-corrected chi connectivity index (χ2v) is 7.23. The molecule has 5 heteroatoms. The normalized spacial score (nSPS) is 18.0. The van der Waals surface area contributed by atoms with E-state index in [4.69, 9.17) is 0 Å². The van der Waals surface area contributed by atoms with Gasteiger partial charge in [0.1, 0.15) is 0 Å². The minimum Gasteiger partial charge on any atom is -0.353 e. The lowest BCUT2D eigenvalue weighted by Crippen LogP contribution is -2.47. The number of rotatable bonds is 6. The van der Waals surface area contributed by atoms with Gasteiger partial charge in [-0.15, -0.1) is 0 Å². The summed E-state index contributed by atoms with van der Waals surface area (Å²) in [5.74, 6) is 0.472. The monoisotopic (exact) mass is 342 g/mol. The lowest BCUT2D eigenvalue weighted by Gasteiger charge is -2.32. The van der Waals surface area contributed by atoms with Gasteiger partial charge in [-0.25, -0.2) is 0 Å². The van der Waals surface area contributed by atoms with E-state index in [0.717, 1.165) is 44.3 Å². The number of hydrogen-bond donors (Lipinski definition) is 1. The van der Waals surface area contributed by atoms with Gasteiger partial charge in [0.2, 0.25) is 11.8 Å². The molecule has 0 unspecified atom stereocenters. The fourth-order valence-electron chi connectivity index (χ4n) is 3.24. The van der Waals surface area contributed by atoms with Crippen molar-refractivity contribution < 1.29 is 14.4 Å². The van der Waals surface area contributed by atoms with Gasteiger partial charge < -0.3 is 10.2 Å². The van der Waals surface area contributed by atoms with E-state index in [2.05, 4.69) is 5.32 Å². The zero-order valence-electron chi connectivity index (χ0n) is 14.8. The molecule has 0 bridgehead atoms. The van der Waals surface area contributed by atoms with Crippen molar-refractivity contribution in [3.05, 3.63) is 35.4 Å². The van der Waals surface area contributed by atoms with E-state index in [0.29, 0.717) is 5.56 Å². The summed E-state index contributed by atoms with van der Waals surface area (Å²) in [6.45, 7) is 3.43. The van der Waals surface area contributed by atoms with E-state index in [1.807, 2.05) is 36.1 Å². The van der Waals surface area contributed by atoms with Crippen LogP contribution in [0.3, 0.4) is 0 Å². The molecule has 1 N–H and O–H groups in total. The molecule has 1 heterocycles. The molecule has 1 aromatic carbocycles. The van der Waals surface area contributed by atoms with Crippen LogP contribution in [-0.2, 0) is 9.59 Å². The number of nitrogens with zero attached hydrogens (tertiary/aromatic N) is 1. The minimum absolute atomic E-state index is 0.000000560. The fourth-order valence-corrected chi connectivity index (χ4v) is 3.24. The number of likely N-dealkylation sites (tertiary alicyclic amines) is 1. The van der Waals surface area contributed by atoms with Crippen LogP contribution in [-0.4, -0.2) is 41.6 Å². The Kier molecular flexibility index (Phi) is 5.51. The predicted octanol–water partition coefficient (Wildman–Crippen LogP) is 2.48. The maximum Gasteiger partial charge on any atom is 0.225 e. The zero-order chi connectivity index (χ0) is 17.8. The van der Waals surface area contributed by atoms with E-state index in [-0.39, 0.29) is 42.4 Å². The van der Waals surface area contributed by atoms with E-state index < -0.39 is 0 Å². The Morgan fingerprint density at radius 3 is 2.24 bits per heavy atom. The second kappa shape index (κ2) is 7.81. The smallest absolute Gasteiger partial charge is 0.225 e. The van der Waals surface area contributed by atoms with Crippen LogP contribution in [0.5, 0.6) is 0 Å². The Bertz CT molecular complexity index is 641. The number of carbonyl (C=O) groups excluding carboxylic acids is 3. The van der Waals surface area contributed by atoms with Crippen molar-refractivity contribution in [2.75, 3.05) is 13.1 Å². The highest BCUT2D eigenvalue weighted by molar-refractivity contribution is 5.98. The number of ketones is 1. The fraction of sp³-hybridized carbons (Fsp3) is 0.550. The van der Waals surface area contributed by atoms with Crippen LogP contribution in [0.4, 0.5) is 0 Å². The van der Waals surface area contributed by atoms with Crippen molar-refractivity contribution in [3.8, 4) is 0 Å². The molecular weight excluding hydrogens is 316 g/mol. The number of piperidine rings is 1. The molecule has 0 atom stereocenters. The molecule has 2 fully saturated rings. The molecule has 2 aliphatic rings. The van der Waals surface area contributed by atoms with Gasteiger partial charge in [-0.2, -0.15) is 0 Å². The summed E-state index contributed by atoms with van der Waals surface area (Å²) in [5, 5.41) is 3.01. The van der Waals surface area contributed by atoms with Gasteiger partial charge in [-0.1, -0.05) is 29.8 Å². The average molecular weight is 342 g/mol. The standard InChI is InChI=1S/C20H26N2O3/c1-14-2-4-15(5-3-14)18(23)8-9-19(24)21-17-10-12-22(13-11-17)20(25)16-6-7-16/h2-5,16-17H,6-13H2,1H3,(H,21,24). The van der Waals surface area contributed by atoms with Gasteiger partial charge in [0.05, 0.1) is 0 Å². The highest BCUT2D eigenvalue weighted by atomic mass is 16.2. The summed E-state index contributed by atoms with van der Waals surface area (Å²) in [6.07, 6.45) is 4.11. The summed E-state index contributed by atoms with van der Waals surface area (Å²) < 4.78 is 0. The van der Waals surface area contributed by atoms with Crippen LogP contribution in [0, 0.1) is 12.8 Å². The molecule has 1 saturated heterocycles. The summed E-state index contributed by atoms with van der Waals surface area (Å²) in [5.41, 5.74) is 1.77. The van der Waals surface area contributed by atoms with Gasteiger partial charge in [-0.3, -0.25) is 14.4 Å². The molecule has 134 valence electrons. The second-order valence-electron chi connectivity index (χ2n) is 7.23. The Balaban J connectivity index is 1.37. The van der Waals surface area contributed by atoms with E-state index in [1.165, 1.54) is 0 Å². The lowest BCUT2D eigenvalue weighted by molar-refractivity contribution is -0.133. The molecule has 1 aromatic rings. The molecule has 1 aliphatic carbocycles. The van der Waals surface area contributed by atoms with Crippen molar-refractivity contribution in [3.63, 3.8) is 0 Å². The van der Waals surface area contributed by atoms with Crippen molar-refractivity contribution in [1.82, 2.24) is 10.2 Å². The Morgan fingerprint density at radius 2 is 1.64 bits per heavy atom. The summed E-state index contributed by atoms with van der Waals surface area (Å²) >= 11 is 0. The molecule has 5 nitrogen and oxygen atoms in total. The van der Waals surface area contributed by atoms with E-state index in [9.17, 15) is 14.4 Å². The van der Waals surface area contributed by atoms with Crippen LogP contribution >= 0.6 is 0 Å². The van der Waals surface area contributed by atoms with Crippen molar-refractivity contribution in [2.45, 2.75) is 51.5 Å². The number of nitrogens with one attached hydrogen (secondary N) is 1. The summed E-state index contributed by atoms with van der Waals surface area (Å²) in [6, 6.07) is 7.54. The van der Waals surface area contributed by atoms with Gasteiger partial charge in [-0.05, 0) is 32.6 Å². The van der Waals surface area contributed by atoms with Crippen LogP contribution in [0.15, 0.2) is 24.3 Å². The molecule has 0 aromatic heterocycles. The number of Topliss-reactive ketones (excluding diaryl/α,β-unsaturated/α-hetero) is 1. The summed E-state index contributed by atoms with van der Waals surface area (Å²) in [7, 11) is 0. The molecule has 3 rings (SSSR count). The number of amides is 2.